The van der Waals surface area contributed by atoms with E-state index in [1.165, 1.54) is 24.3 Å². The molecule has 26 heavy (non-hydrogen) atoms. The maximum atomic E-state index is 12.4. The van der Waals surface area contributed by atoms with Crippen molar-refractivity contribution in [2.45, 2.75) is 18.9 Å². The summed E-state index contributed by atoms with van der Waals surface area (Å²) in [5.41, 5.74) is 1.36. The van der Waals surface area contributed by atoms with Crippen molar-refractivity contribution in [2.75, 3.05) is 19.6 Å². The lowest BCUT2D eigenvalue weighted by atomic mass is 10.0. The molecule has 1 saturated heterocycles. The zero-order valence-corrected chi connectivity index (χ0v) is 15.0. The third-order valence-electron chi connectivity index (χ3n) is 4.64. The SMILES string of the molecule is O=C(NCC(c1ccccc1Cl)N1CCCC1)c1ccc([N+](=O)[O-])cc1. The van der Waals surface area contributed by atoms with Gasteiger partial charge in [-0.3, -0.25) is 19.8 Å². The molecule has 0 aromatic heterocycles. The molecule has 0 aliphatic carbocycles. The number of hydrogen-bond acceptors (Lipinski definition) is 4. The van der Waals surface area contributed by atoms with Crippen molar-refractivity contribution in [2.24, 2.45) is 0 Å². The molecule has 1 aliphatic heterocycles. The Morgan fingerprint density at radius 2 is 1.81 bits per heavy atom. The zero-order valence-electron chi connectivity index (χ0n) is 14.2. The van der Waals surface area contributed by atoms with E-state index in [1.54, 1.807) is 0 Å². The second-order valence-electron chi connectivity index (χ2n) is 6.29. The second kappa shape index (κ2) is 8.29. The highest BCUT2D eigenvalue weighted by molar-refractivity contribution is 6.31. The third kappa shape index (κ3) is 4.20. The summed E-state index contributed by atoms with van der Waals surface area (Å²) in [5, 5.41) is 14.3. The predicted molar refractivity (Wildman–Crippen MR) is 100 cm³/mol. The smallest absolute Gasteiger partial charge is 0.269 e. The Hall–Kier alpha value is -2.44. The van der Waals surface area contributed by atoms with Gasteiger partial charge in [0.25, 0.3) is 11.6 Å². The molecule has 3 rings (SSSR count). The van der Waals surface area contributed by atoms with Crippen molar-refractivity contribution in [3.8, 4) is 0 Å². The van der Waals surface area contributed by atoms with Crippen molar-refractivity contribution in [1.29, 1.82) is 0 Å². The van der Waals surface area contributed by atoms with Crippen LogP contribution in [0.5, 0.6) is 0 Å². The van der Waals surface area contributed by atoms with E-state index in [4.69, 9.17) is 11.6 Å². The van der Waals surface area contributed by atoms with Gasteiger partial charge in [-0.25, -0.2) is 0 Å². The number of hydrogen-bond donors (Lipinski definition) is 1. The zero-order chi connectivity index (χ0) is 18.5. The number of halogens is 1. The molecule has 2 aromatic rings. The van der Waals surface area contributed by atoms with Crippen LogP contribution in [0.25, 0.3) is 0 Å². The molecule has 0 spiro atoms. The topological polar surface area (TPSA) is 75.5 Å². The van der Waals surface area contributed by atoms with E-state index in [0.29, 0.717) is 17.1 Å². The van der Waals surface area contributed by atoms with Crippen molar-refractivity contribution in [1.82, 2.24) is 10.2 Å². The van der Waals surface area contributed by atoms with Crippen LogP contribution in [0.1, 0.15) is 34.8 Å². The largest absolute Gasteiger partial charge is 0.350 e. The lowest BCUT2D eigenvalue weighted by molar-refractivity contribution is -0.384. The fraction of sp³-hybridized carbons (Fsp3) is 0.316. The van der Waals surface area contributed by atoms with Gasteiger partial charge in [-0.05, 0) is 49.7 Å². The van der Waals surface area contributed by atoms with E-state index < -0.39 is 4.92 Å². The van der Waals surface area contributed by atoms with Gasteiger partial charge in [0, 0.05) is 29.3 Å². The number of nitro groups is 1. The van der Waals surface area contributed by atoms with E-state index in [0.717, 1.165) is 31.5 Å². The van der Waals surface area contributed by atoms with E-state index in [-0.39, 0.29) is 17.6 Å². The first-order valence-corrected chi connectivity index (χ1v) is 8.95. The fourth-order valence-electron chi connectivity index (χ4n) is 3.26. The van der Waals surface area contributed by atoms with Crippen LogP contribution < -0.4 is 5.32 Å². The first-order valence-electron chi connectivity index (χ1n) is 8.57. The maximum absolute atomic E-state index is 12.4. The minimum absolute atomic E-state index is 0.00759. The summed E-state index contributed by atoms with van der Waals surface area (Å²) in [7, 11) is 0. The molecule has 7 heteroatoms. The number of non-ortho nitro benzene ring substituents is 1. The maximum Gasteiger partial charge on any atom is 0.269 e. The molecule has 1 N–H and O–H groups in total. The Morgan fingerprint density at radius 1 is 1.15 bits per heavy atom. The molecule has 0 saturated carbocycles. The van der Waals surface area contributed by atoms with Gasteiger partial charge in [0.2, 0.25) is 0 Å². The molecule has 1 atom stereocenters. The van der Waals surface area contributed by atoms with Crippen LogP contribution in [-0.2, 0) is 0 Å². The van der Waals surface area contributed by atoms with Crippen molar-refractivity contribution in [3.63, 3.8) is 0 Å². The Bertz CT molecular complexity index is 789. The number of likely N-dealkylation sites (tertiary alicyclic amines) is 1. The summed E-state index contributed by atoms with van der Waals surface area (Å²) in [6.07, 6.45) is 2.27. The molecule has 1 amide bonds. The van der Waals surface area contributed by atoms with Gasteiger partial charge < -0.3 is 5.32 Å². The number of benzene rings is 2. The van der Waals surface area contributed by atoms with Crippen molar-refractivity contribution >= 4 is 23.2 Å². The van der Waals surface area contributed by atoms with E-state index >= 15 is 0 Å². The lowest BCUT2D eigenvalue weighted by Crippen LogP contribution is -2.37. The molecular formula is C19H20ClN3O3. The summed E-state index contributed by atoms with van der Waals surface area (Å²) in [4.78, 5) is 25.0. The van der Waals surface area contributed by atoms with E-state index in [9.17, 15) is 14.9 Å². The normalized spacial score (nSPS) is 15.6. The standard InChI is InChI=1S/C19H20ClN3O3/c20-17-6-2-1-5-16(17)18(22-11-3-4-12-22)13-21-19(24)14-7-9-15(10-8-14)23(25)26/h1-2,5-10,18H,3-4,11-13H2,(H,21,24). The molecule has 6 nitrogen and oxygen atoms in total. The lowest BCUT2D eigenvalue weighted by Gasteiger charge is -2.29. The van der Waals surface area contributed by atoms with Gasteiger partial charge in [0.05, 0.1) is 11.0 Å². The quantitative estimate of drug-likeness (QED) is 0.617. The molecule has 136 valence electrons. The molecule has 0 radical (unpaired) electrons. The Labute approximate surface area is 156 Å². The molecule has 1 heterocycles. The minimum Gasteiger partial charge on any atom is -0.350 e. The highest BCUT2D eigenvalue weighted by Gasteiger charge is 2.25. The van der Waals surface area contributed by atoms with Crippen LogP contribution in [0.4, 0.5) is 5.69 Å². The molecule has 1 aliphatic rings. The average Bonchev–Trinajstić information content (AvgIpc) is 3.17. The van der Waals surface area contributed by atoms with Crippen LogP contribution in [-0.4, -0.2) is 35.4 Å². The summed E-state index contributed by atoms with van der Waals surface area (Å²) in [6.45, 7) is 2.38. The van der Waals surface area contributed by atoms with Gasteiger partial charge in [0.15, 0.2) is 0 Å². The predicted octanol–water partition coefficient (Wildman–Crippen LogP) is 3.82. The van der Waals surface area contributed by atoms with Crippen LogP contribution >= 0.6 is 11.6 Å². The first-order chi connectivity index (χ1) is 12.6. The van der Waals surface area contributed by atoms with Crippen LogP contribution in [0.2, 0.25) is 5.02 Å². The average molecular weight is 374 g/mol. The van der Waals surface area contributed by atoms with Crippen LogP contribution in [0, 0.1) is 10.1 Å². The third-order valence-corrected chi connectivity index (χ3v) is 4.99. The molecule has 0 bridgehead atoms. The van der Waals surface area contributed by atoms with Gasteiger partial charge in [-0.15, -0.1) is 0 Å². The number of nitrogens with one attached hydrogen (secondary N) is 1. The monoisotopic (exact) mass is 373 g/mol. The number of carbonyl (C=O) groups is 1. The van der Waals surface area contributed by atoms with Gasteiger partial charge in [-0.2, -0.15) is 0 Å². The highest BCUT2D eigenvalue weighted by Crippen LogP contribution is 2.29. The number of carbonyl (C=O) groups excluding carboxylic acids is 1. The van der Waals surface area contributed by atoms with Crippen LogP contribution in [0.15, 0.2) is 48.5 Å². The number of nitro benzene ring substituents is 1. The van der Waals surface area contributed by atoms with Crippen molar-refractivity contribution < 1.29 is 9.72 Å². The minimum atomic E-state index is -0.484. The fourth-order valence-corrected chi connectivity index (χ4v) is 3.52. The van der Waals surface area contributed by atoms with Gasteiger partial charge in [-0.1, -0.05) is 29.8 Å². The summed E-state index contributed by atoms with van der Waals surface area (Å²) in [5.74, 6) is -0.254. The summed E-state index contributed by atoms with van der Waals surface area (Å²) < 4.78 is 0. The highest BCUT2D eigenvalue weighted by atomic mass is 35.5. The van der Waals surface area contributed by atoms with Crippen molar-refractivity contribution in [3.05, 3.63) is 74.8 Å². The summed E-state index contributed by atoms with van der Waals surface area (Å²) in [6, 6.07) is 13.3. The Kier molecular flexibility index (Phi) is 5.85. The van der Waals surface area contributed by atoms with Gasteiger partial charge in [0.1, 0.15) is 0 Å². The van der Waals surface area contributed by atoms with Gasteiger partial charge >= 0.3 is 0 Å². The Morgan fingerprint density at radius 3 is 2.42 bits per heavy atom. The summed E-state index contributed by atoms with van der Waals surface area (Å²) >= 11 is 6.37. The molecule has 2 aromatic carbocycles. The Balaban J connectivity index is 1.72. The number of amides is 1. The molecule has 1 unspecified atom stereocenters. The molecule has 1 fully saturated rings. The van der Waals surface area contributed by atoms with E-state index in [2.05, 4.69) is 10.2 Å². The first kappa shape index (κ1) is 18.4. The number of rotatable bonds is 6. The second-order valence-corrected chi connectivity index (χ2v) is 6.70. The number of nitrogens with zero attached hydrogens (tertiary/aromatic N) is 2. The molecular weight excluding hydrogens is 354 g/mol. The van der Waals surface area contributed by atoms with E-state index in [1.807, 2.05) is 24.3 Å². The van der Waals surface area contributed by atoms with Crippen LogP contribution in [0.3, 0.4) is 0 Å².